The van der Waals surface area contributed by atoms with Gasteiger partial charge in [-0.3, -0.25) is 4.90 Å². The van der Waals surface area contributed by atoms with E-state index in [9.17, 15) is 0 Å². The van der Waals surface area contributed by atoms with E-state index < -0.39 is 0 Å². The molecule has 3 unspecified atom stereocenters. The summed E-state index contributed by atoms with van der Waals surface area (Å²) in [5.74, 6) is 0. The Morgan fingerprint density at radius 3 is 3.00 bits per heavy atom. The Labute approximate surface area is 129 Å². The Kier molecular flexibility index (Phi) is 4.46. The van der Waals surface area contributed by atoms with E-state index in [1.807, 2.05) is 7.11 Å². The molecule has 0 saturated carbocycles. The van der Waals surface area contributed by atoms with Crippen molar-refractivity contribution >= 4 is 15.9 Å². The van der Waals surface area contributed by atoms with Gasteiger partial charge in [0.1, 0.15) is 0 Å². The molecule has 0 amide bonds. The maximum absolute atomic E-state index is 6.02. The fourth-order valence-electron chi connectivity index (χ4n) is 3.80. The van der Waals surface area contributed by atoms with Crippen LogP contribution in [0.1, 0.15) is 36.4 Å². The first-order valence-electron chi connectivity index (χ1n) is 7.50. The van der Waals surface area contributed by atoms with Crippen molar-refractivity contribution in [3.63, 3.8) is 0 Å². The van der Waals surface area contributed by atoms with Gasteiger partial charge in [0.05, 0.1) is 6.10 Å². The lowest BCUT2D eigenvalue weighted by Crippen LogP contribution is -2.49. The van der Waals surface area contributed by atoms with Crippen molar-refractivity contribution in [3.8, 4) is 0 Å². The Morgan fingerprint density at radius 2 is 2.25 bits per heavy atom. The van der Waals surface area contributed by atoms with Gasteiger partial charge in [0.25, 0.3) is 0 Å². The van der Waals surface area contributed by atoms with Crippen molar-refractivity contribution in [1.82, 2.24) is 4.90 Å². The number of benzene rings is 1. The quantitative estimate of drug-likeness (QED) is 0.920. The highest BCUT2D eigenvalue weighted by molar-refractivity contribution is 9.10. The second-order valence-electron chi connectivity index (χ2n) is 5.91. The molecule has 1 aliphatic carbocycles. The van der Waals surface area contributed by atoms with Gasteiger partial charge >= 0.3 is 0 Å². The normalized spacial score (nSPS) is 30.4. The minimum Gasteiger partial charge on any atom is -0.381 e. The van der Waals surface area contributed by atoms with Crippen LogP contribution in [0, 0.1) is 0 Å². The van der Waals surface area contributed by atoms with Gasteiger partial charge in [0.2, 0.25) is 0 Å². The Balaban J connectivity index is 1.80. The van der Waals surface area contributed by atoms with E-state index in [1.165, 1.54) is 28.4 Å². The van der Waals surface area contributed by atoms with Crippen molar-refractivity contribution in [2.75, 3.05) is 20.2 Å². The second kappa shape index (κ2) is 6.14. The number of ether oxygens (including phenoxy) is 1. The van der Waals surface area contributed by atoms with Gasteiger partial charge in [-0.2, -0.15) is 0 Å². The molecule has 0 aromatic heterocycles. The fourth-order valence-corrected chi connectivity index (χ4v) is 4.20. The molecule has 4 heteroatoms. The Morgan fingerprint density at radius 1 is 1.40 bits per heavy atom. The average Bonchev–Trinajstić information content (AvgIpc) is 2.89. The largest absolute Gasteiger partial charge is 0.381 e. The first-order valence-corrected chi connectivity index (χ1v) is 8.29. The van der Waals surface area contributed by atoms with Crippen LogP contribution >= 0.6 is 15.9 Å². The van der Waals surface area contributed by atoms with E-state index in [2.05, 4.69) is 39.0 Å². The summed E-state index contributed by atoms with van der Waals surface area (Å²) in [6.45, 7) is 1.82. The van der Waals surface area contributed by atoms with E-state index in [0.717, 1.165) is 25.9 Å². The fraction of sp³-hybridized carbons (Fsp3) is 0.625. The van der Waals surface area contributed by atoms with Crippen molar-refractivity contribution in [3.05, 3.63) is 33.8 Å². The molecule has 1 saturated heterocycles. The van der Waals surface area contributed by atoms with E-state index in [-0.39, 0.29) is 0 Å². The number of rotatable bonds is 3. The highest BCUT2D eigenvalue weighted by Gasteiger charge is 2.35. The standard InChI is InChI=1S/C16H23BrN2O/c1-20-14-6-7-19(13(9-14)10-18)16-5-2-11-8-12(17)3-4-15(11)16/h3-4,8,13-14,16H,2,5-7,9-10,18H2,1H3. The molecule has 2 aliphatic rings. The molecular weight excluding hydrogens is 316 g/mol. The van der Waals surface area contributed by atoms with E-state index in [0.29, 0.717) is 18.2 Å². The molecule has 0 spiro atoms. The summed E-state index contributed by atoms with van der Waals surface area (Å²) in [5.41, 5.74) is 9.01. The number of likely N-dealkylation sites (tertiary alicyclic amines) is 1. The topological polar surface area (TPSA) is 38.5 Å². The number of fused-ring (bicyclic) bond motifs is 1. The lowest BCUT2D eigenvalue weighted by atomic mass is 9.95. The van der Waals surface area contributed by atoms with Crippen molar-refractivity contribution in [2.24, 2.45) is 5.73 Å². The van der Waals surface area contributed by atoms with Crippen LogP contribution in [0.25, 0.3) is 0 Å². The molecule has 1 fully saturated rings. The van der Waals surface area contributed by atoms with E-state index in [4.69, 9.17) is 10.5 Å². The first-order chi connectivity index (χ1) is 9.72. The molecular formula is C16H23BrN2O. The number of halogens is 1. The number of nitrogens with zero attached hydrogens (tertiary/aromatic N) is 1. The zero-order valence-corrected chi connectivity index (χ0v) is 13.6. The smallest absolute Gasteiger partial charge is 0.0599 e. The minimum absolute atomic E-state index is 0.380. The summed E-state index contributed by atoms with van der Waals surface area (Å²) in [4.78, 5) is 2.62. The monoisotopic (exact) mass is 338 g/mol. The van der Waals surface area contributed by atoms with Crippen LogP contribution in [0.3, 0.4) is 0 Å². The summed E-state index contributed by atoms with van der Waals surface area (Å²) < 4.78 is 6.72. The zero-order valence-electron chi connectivity index (χ0n) is 12.0. The average molecular weight is 339 g/mol. The number of hydrogen-bond acceptors (Lipinski definition) is 3. The maximum atomic E-state index is 6.02. The number of methoxy groups -OCH3 is 1. The maximum Gasteiger partial charge on any atom is 0.0599 e. The van der Waals surface area contributed by atoms with E-state index in [1.54, 1.807) is 0 Å². The summed E-state index contributed by atoms with van der Waals surface area (Å²) >= 11 is 3.57. The molecule has 3 rings (SSSR count). The van der Waals surface area contributed by atoms with Gasteiger partial charge in [-0.1, -0.05) is 22.0 Å². The molecule has 2 N–H and O–H groups in total. The van der Waals surface area contributed by atoms with Crippen LogP contribution in [-0.2, 0) is 11.2 Å². The Hall–Kier alpha value is -0.420. The van der Waals surface area contributed by atoms with Crippen LogP contribution < -0.4 is 5.73 Å². The molecule has 0 bridgehead atoms. The summed E-state index contributed by atoms with van der Waals surface area (Å²) in [6, 6.07) is 7.72. The molecule has 1 aromatic carbocycles. The minimum atomic E-state index is 0.380. The third kappa shape index (κ3) is 2.67. The van der Waals surface area contributed by atoms with Crippen LogP contribution in [0.2, 0.25) is 0 Å². The Bertz CT molecular complexity index is 480. The molecule has 1 aliphatic heterocycles. The molecule has 110 valence electrons. The third-order valence-corrected chi connectivity index (χ3v) is 5.36. The van der Waals surface area contributed by atoms with Gasteiger partial charge < -0.3 is 10.5 Å². The first kappa shape index (κ1) is 14.5. The van der Waals surface area contributed by atoms with Gasteiger partial charge in [-0.05, 0) is 48.9 Å². The van der Waals surface area contributed by atoms with Crippen molar-refractivity contribution in [1.29, 1.82) is 0 Å². The predicted molar refractivity (Wildman–Crippen MR) is 84.8 cm³/mol. The summed E-state index contributed by atoms with van der Waals surface area (Å²) in [5, 5.41) is 0. The highest BCUT2D eigenvalue weighted by Crippen LogP contribution is 2.40. The highest BCUT2D eigenvalue weighted by atomic mass is 79.9. The van der Waals surface area contributed by atoms with Gasteiger partial charge in [0.15, 0.2) is 0 Å². The lowest BCUT2D eigenvalue weighted by molar-refractivity contribution is -0.00451. The third-order valence-electron chi connectivity index (χ3n) is 4.87. The van der Waals surface area contributed by atoms with Gasteiger partial charge in [-0.25, -0.2) is 0 Å². The van der Waals surface area contributed by atoms with Crippen LogP contribution in [0.4, 0.5) is 0 Å². The molecule has 0 radical (unpaired) electrons. The number of aryl methyl sites for hydroxylation is 1. The lowest BCUT2D eigenvalue weighted by Gasteiger charge is -2.42. The van der Waals surface area contributed by atoms with Crippen molar-refractivity contribution in [2.45, 2.75) is 43.9 Å². The van der Waals surface area contributed by atoms with Gasteiger partial charge in [-0.15, -0.1) is 0 Å². The number of hydrogen-bond donors (Lipinski definition) is 1. The number of nitrogens with two attached hydrogens (primary N) is 1. The summed E-state index contributed by atoms with van der Waals surface area (Å²) in [7, 11) is 1.82. The number of piperidine rings is 1. The van der Waals surface area contributed by atoms with E-state index >= 15 is 0 Å². The van der Waals surface area contributed by atoms with Crippen LogP contribution in [0.15, 0.2) is 22.7 Å². The predicted octanol–water partition coefficient (Wildman–Crippen LogP) is 2.87. The second-order valence-corrected chi connectivity index (χ2v) is 6.82. The van der Waals surface area contributed by atoms with Gasteiger partial charge in [0, 0.05) is 36.8 Å². The SMILES string of the molecule is COC1CCN(C2CCc3cc(Br)ccc32)C(CN)C1. The molecule has 1 aromatic rings. The summed E-state index contributed by atoms with van der Waals surface area (Å²) in [6.07, 6.45) is 4.97. The molecule has 20 heavy (non-hydrogen) atoms. The molecule has 3 atom stereocenters. The molecule has 3 nitrogen and oxygen atoms in total. The van der Waals surface area contributed by atoms with Crippen LogP contribution in [-0.4, -0.2) is 37.2 Å². The van der Waals surface area contributed by atoms with Crippen LogP contribution in [0.5, 0.6) is 0 Å². The molecule has 1 heterocycles. The van der Waals surface area contributed by atoms with Crippen molar-refractivity contribution < 1.29 is 4.74 Å². The zero-order chi connectivity index (χ0) is 14.1.